The van der Waals surface area contributed by atoms with Gasteiger partial charge in [-0.05, 0) is 31.6 Å². The van der Waals surface area contributed by atoms with Gasteiger partial charge in [0.1, 0.15) is 0 Å². The van der Waals surface area contributed by atoms with Crippen LogP contribution in [-0.2, 0) is 16.1 Å². The zero-order chi connectivity index (χ0) is 14.4. The lowest BCUT2D eigenvalue weighted by Gasteiger charge is -2.26. The molecule has 1 heterocycles. The predicted molar refractivity (Wildman–Crippen MR) is 78.5 cm³/mol. The third-order valence-electron chi connectivity index (χ3n) is 4.22. The van der Waals surface area contributed by atoms with Gasteiger partial charge in [-0.15, -0.1) is 0 Å². The number of nitrogens with zero attached hydrogens (tertiary/aromatic N) is 2. The van der Waals surface area contributed by atoms with Crippen LogP contribution in [0.15, 0.2) is 12.4 Å². The van der Waals surface area contributed by atoms with Gasteiger partial charge in [-0.25, -0.2) is 0 Å². The molecule has 0 aliphatic heterocycles. The number of carbonyl (C=O) groups excluding carboxylic acids is 1. The van der Waals surface area contributed by atoms with Gasteiger partial charge in [0.15, 0.2) is 0 Å². The number of carbonyl (C=O) groups is 1. The van der Waals surface area contributed by atoms with Gasteiger partial charge in [-0.1, -0.05) is 13.3 Å². The lowest BCUT2D eigenvalue weighted by atomic mass is 9.80. The minimum absolute atomic E-state index is 0.144. The maximum Gasteiger partial charge on any atom is 0.227 e. The molecule has 2 rings (SSSR count). The van der Waals surface area contributed by atoms with Crippen LogP contribution in [0.3, 0.4) is 0 Å². The molecule has 1 amide bonds. The third-order valence-corrected chi connectivity index (χ3v) is 4.22. The first-order chi connectivity index (χ1) is 9.72. The molecule has 0 aromatic carbocycles. The van der Waals surface area contributed by atoms with Crippen LogP contribution < -0.4 is 5.32 Å². The van der Waals surface area contributed by atoms with Gasteiger partial charge in [-0.3, -0.25) is 9.48 Å². The van der Waals surface area contributed by atoms with Crippen LogP contribution in [-0.4, -0.2) is 29.4 Å². The number of anilines is 1. The van der Waals surface area contributed by atoms with Gasteiger partial charge in [0.25, 0.3) is 0 Å². The molecule has 0 unspecified atom stereocenters. The maximum absolute atomic E-state index is 12.2. The zero-order valence-corrected chi connectivity index (χ0v) is 12.5. The highest BCUT2D eigenvalue weighted by Crippen LogP contribution is 2.31. The van der Waals surface area contributed by atoms with E-state index in [-0.39, 0.29) is 11.8 Å². The molecule has 1 aliphatic rings. The lowest BCUT2D eigenvalue weighted by Crippen LogP contribution is -2.26. The molecular weight excluding hydrogens is 254 g/mol. The Labute approximate surface area is 120 Å². The average molecular weight is 279 g/mol. The summed E-state index contributed by atoms with van der Waals surface area (Å²) in [5, 5.41) is 7.18. The molecule has 20 heavy (non-hydrogen) atoms. The SMILES string of the molecule is CCC1CCC(C(=O)Nc2cnn(CCOC)c2)CC1. The van der Waals surface area contributed by atoms with E-state index >= 15 is 0 Å². The molecule has 5 heteroatoms. The standard InChI is InChI=1S/C15H25N3O2/c1-3-12-4-6-13(7-5-12)15(19)17-14-10-16-18(11-14)8-9-20-2/h10-13H,3-9H2,1-2H3,(H,17,19). The van der Waals surface area contributed by atoms with Gasteiger partial charge in [0.2, 0.25) is 5.91 Å². The Kier molecular flexibility index (Phi) is 5.59. The van der Waals surface area contributed by atoms with Crippen LogP contribution in [0, 0.1) is 11.8 Å². The van der Waals surface area contributed by atoms with Crippen molar-refractivity contribution in [1.29, 1.82) is 0 Å². The summed E-state index contributed by atoms with van der Waals surface area (Å²) in [5.74, 6) is 1.13. The largest absolute Gasteiger partial charge is 0.383 e. The van der Waals surface area contributed by atoms with E-state index in [1.807, 2.05) is 6.20 Å². The summed E-state index contributed by atoms with van der Waals surface area (Å²) < 4.78 is 6.79. The van der Waals surface area contributed by atoms with Crippen molar-refractivity contribution < 1.29 is 9.53 Å². The first-order valence-electron chi connectivity index (χ1n) is 7.55. The number of ether oxygens (including phenoxy) is 1. The molecule has 0 spiro atoms. The molecule has 1 fully saturated rings. The van der Waals surface area contributed by atoms with E-state index in [1.54, 1.807) is 18.0 Å². The maximum atomic E-state index is 12.2. The van der Waals surface area contributed by atoms with E-state index in [4.69, 9.17) is 4.74 Å². The fourth-order valence-electron chi connectivity index (χ4n) is 2.81. The number of rotatable bonds is 6. The Morgan fingerprint density at radius 2 is 2.20 bits per heavy atom. The summed E-state index contributed by atoms with van der Waals surface area (Å²) >= 11 is 0. The molecule has 112 valence electrons. The molecule has 1 aromatic rings. The predicted octanol–water partition coefficient (Wildman–Crippen LogP) is 2.68. The summed E-state index contributed by atoms with van der Waals surface area (Å²) in [6.45, 7) is 3.56. The van der Waals surface area contributed by atoms with Gasteiger partial charge in [-0.2, -0.15) is 5.10 Å². The van der Waals surface area contributed by atoms with Crippen LogP contribution in [0.2, 0.25) is 0 Å². The van der Waals surface area contributed by atoms with Gasteiger partial charge in [0.05, 0.1) is 25.0 Å². The molecule has 0 bridgehead atoms. The van der Waals surface area contributed by atoms with Crippen molar-refractivity contribution in [1.82, 2.24) is 9.78 Å². The quantitative estimate of drug-likeness (QED) is 0.871. The molecule has 0 atom stereocenters. The van der Waals surface area contributed by atoms with Crippen molar-refractivity contribution in [3.05, 3.63) is 12.4 Å². The van der Waals surface area contributed by atoms with Gasteiger partial charge >= 0.3 is 0 Å². The number of hydrogen-bond acceptors (Lipinski definition) is 3. The van der Waals surface area contributed by atoms with Crippen LogP contribution >= 0.6 is 0 Å². The average Bonchev–Trinajstić information content (AvgIpc) is 2.92. The van der Waals surface area contributed by atoms with Gasteiger partial charge < -0.3 is 10.1 Å². The summed E-state index contributed by atoms with van der Waals surface area (Å²) in [6, 6.07) is 0. The van der Waals surface area contributed by atoms with Crippen LogP contribution in [0.1, 0.15) is 39.0 Å². The molecule has 0 saturated heterocycles. The second-order valence-corrected chi connectivity index (χ2v) is 5.60. The zero-order valence-electron chi connectivity index (χ0n) is 12.5. The number of amides is 1. The Bertz CT molecular complexity index is 423. The molecule has 0 radical (unpaired) electrons. The van der Waals surface area contributed by atoms with Crippen molar-refractivity contribution in [2.45, 2.75) is 45.6 Å². The van der Waals surface area contributed by atoms with Gasteiger partial charge in [0, 0.05) is 19.2 Å². The minimum Gasteiger partial charge on any atom is -0.383 e. The highest BCUT2D eigenvalue weighted by Gasteiger charge is 2.25. The van der Waals surface area contributed by atoms with Crippen molar-refractivity contribution in [3.8, 4) is 0 Å². The van der Waals surface area contributed by atoms with Crippen LogP contribution in [0.4, 0.5) is 5.69 Å². The molecule has 1 aromatic heterocycles. The van der Waals surface area contributed by atoms with Crippen molar-refractivity contribution in [2.24, 2.45) is 11.8 Å². The highest BCUT2D eigenvalue weighted by atomic mass is 16.5. The highest BCUT2D eigenvalue weighted by molar-refractivity contribution is 5.92. The number of hydrogen-bond donors (Lipinski definition) is 1. The number of nitrogens with one attached hydrogen (secondary N) is 1. The van der Waals surface area contributed by atoms with E-state index in [0.717, 1.165) is 24.4 Å². The third kappa shape index (κ3) is 4.07. The molecule has 1 aliphatic carbocycles. The van der Waals surface area contributed by atoms with Crippen molar-refractivity contribution >= 4 is 11.6 Å². The summed E-state index contributed by atoms with van der Waals surface area (Å²) in [4.78, 5) is 12.2. The summed E-state index contributed by atoms with van der Waals surface area (Å²) in [7, 11) is 1.67. The van der Waals surface area contributed by atoms with E-state index in [0.29, 0.717) is 13.2 Å². The first-order valence-corrected chi connectivity index (χ1v) is 7.55. The molecule has 1 saturated carbocycles. The monoisotopic (exact) mass is 279 g/mol. The first kappa shape index (κ1) is 15.0. The molecule has 1 N–H and O–H groups in total. The Morgan fingerprint density at radius 3 is 2.85 bits per heavy atom. The van der Waals surface area contributed by atoms with E-state index in [9.17, 15) is 4.79 Å². The minimum atomic E-state index is 0.144. The van der Waals surface area contributed by atoms with Crippen molar-refractivity contribution in [3.63, 3.8) is 0 Å². The van der Waals surface area contributed by atoms with Crippen molar-refractivity contribution in [2.75, 3.05) is 19.0 Å². The Hall–Kier alpha value is -1.36. The molecule has 5 nitrogen and oxygen atoms in total. The Balaban J connectivity index is 1.80. The Morgan fingerprint density at radius 1 is 1.45 bits per heavy atom. The smallest absolute Gasteiger partial charge is 0.227 e. The summed E-state index contributed by atoms with van der Waals surface area (Å²) in [6.07, 6.45) is 9.19. The fraction of sp³-hybridized carbons (Fsp3) is 0.733. The van der Waals surface area contributed by atoms with Crippen LogP contribution in [0.25, 0.3) is 0 Å². The second-order valence-electron chi connectivity index (χ2n) is 5.60. The second kappa shape index (κ2) is 7.43. The molecular formula is C15H25N3O2. The van der Waals surface area contributed by atoms with E-state index in [2.05, 4.69) is 17.3 Å². The fourth-order valence-corrected chi connectivity index (χ4v) is 2.81. The number of aromatic nitrogens is 2. The normalized spacial score (nSPS) is 22.7. The lowest BCUT2D eigenvalue weighted by molar-refractivity contribution is -0.121. The number of methoxy groups -OCH3 is 1. The van der Waals surface area contributed by atoms with Crippen LogP contribution in [0.5, 0.6) is 0 Å². The van der Waals surface area contributed by atoms with E-state index in [1.165, 1.54) is 19.3 Å². The summed E-state index contributed by atoms with van der Waals surface area (Å²) in [5.41, 5.74) is 0.781. The topological polar surface area (TPSA) is 56.2 Å². The van der Waals surface area contributed by atoms with E-state index < -0.39 is 0 Å².